The molecule has 0 amide bonds. The standard InChI is InChI=1S/C20H20ClNO2/c1-14-17(8-5-9-18(14)21)20-11-10-16(24-20)12-22-13-19(23)15-6-3-2-4-7-15/h2-11,19,22-23H,12-13H2,1H3/t19-/m0/s1. The van der Waals surface area contributed by atoms with Crippen molar-refractivity contribution < 1.29 is 9.52 Å². The van der Waals surface area contributed by atoms with E-state index in [2.05, 4.69) is 5.32 Å². The molecule has 0 aliphatic heterocycles. The number of hydrogen-bond donors (Lipinski definition) is 2. The van der Waals surface area contributed by atoms with Crippen molar-refractivity contribution >= 4 is 11.6 Å². The minimum absolute atomic E-state index is 0.468. The van der Waals surface area contributed by atoms with Crippen molar-refractivity contribution in [3.63, 3.8) is 0 Å². The summed E-state index contributed by atoms with van der Waals surface area (Å²) in [5, 5.41) is 14.1. The second-order valence-electron chi connectivity index (χ2n) is 5.74. The maximum atomic E-state index is 10.1. The van der Waals surface area contributed by atoms with Gasteiger partial charge in [0.25, 0.3) is 0 Å². The number of aliphatic hydroxyl groups is 1. The molecule has 0 aliphatic carbocycles. The molecule has 124 valence electrons. The second-order valence-corrected chi connectivity index (χ2v) is 6.14. The summed E-state index contributed by atoms with van der Waals surface area (Å²) in [5.74, 6) is 1.63. The molecule has 0 unspecified atom stereocenters. The lowest BCUT2D eigenvalue weighted by Crippen LogP contribution is -2.20. The SMILES string of the molecule is Cc1c(Cl)cccc1-c1ccc(CNC[C@H](O)c2ccccc2)o1. The molecule has 0 saturated carbocycles. The molecule has 2 N–H and O–H groups in total. The van der Waals surface area contributed by atoms with Crippen molar-refractivity contribution in [1.29, 1.82) is 0 Å². The molecule has 4 heteroatoms. The van der Waals surface area contributed by atoms with Crippen molar-refractivity contribution in [2.75, 3.05) is 6.54 Å². The summed E-state index contributed by atoms with van der Waals surface area (Å²) in [6.45, 7) is 3.01. The van der Waals surface area contributed by atoms with Crippen LogP contribution in [0.1, 0.15) is 23.0 Å². The lowest BCUT2D eigenvalue weighted by molar-refractivity contribution is 0.173. The average Bonchev–Trinajstić information content (AvgIpc) is 3.06. The highest BCUT2D eigenvalue weighted by atomic mass is 35.5. The Balaban J connectivity index is 1.60. The average molecular weight is 342 g/mol. The first kappa shape index (κ1) is 16.8. The van der Waals surface area contributed by atoms with Crippen LogP contribution < -0.4 is 5.32 Å². The Morgan fingerprint density at radius 2 is 1.83 bits per heavy atom. The summed E-state index contributed by atoms with van der Waals surface area (Å²) in [5.41, 5.74) is 2.91. The third-order valence-electron chi connectivity index (χ3n) is 4.02. The van der Waals surface area contributed by atoms with Gasteiger partial charge in [-0.1, -0.05) is 54.1 Å². The van der Waals surface area contributed by atoms with Gasteiger partial charge in [0.15, 0.2) is 0 Å². The molecule has 1 aromatic heterocycles. The Bertz CT molecular complexity index is 798. The summed E-state index contributed by atoms with van der Waals surface area (Å²) in [7, 11) is 0. The molecule has 0 aliphatic rings. The maximum Gasteiger partial charge on any atom is 0.134 e. The Kier molecular flexibility index (Phi) is 5.36. The molecule has 1 atom stereocenters. The molecular weight excluding hydrogens is 322 g/mol. The van der Waals surface area contributed by atoms with Gasteiger partial charge in [-0.15, -0.1) is 0 Å². The fourth-order valence-electron chi connectivity index (χ4n) is 2.62. The largest absolute Gasteiger partial charge is 0.460 e. The minimum atomic E-state index is -0.532. The molecule has 1 heterocycles. The predicted octanol–water partition coefficient (Wildman–Crippen LogP) is 4.73. The highest BCUT2D eigenvalue weighted by molar-refractivity contribution is 6.31. The highest BCUT2D eigenvalue weighted by Gasteiger charge is 2.10. The molecule has 24 heavy (non-hydrogen) atoms. The fraction of sp³-hybridized carbons (Fsp3) is 0.200. The summed E-state index contributed by atoms with van der Waals surface area (Å²) in [6.07, 6.45) is -0.532. The van der Waals surface area contributed by atoms with Crippen LogP contribution in [0.25, 0.3) is 11.3 Å². The lowest BCUT2D eigenvalue weighted by Gasteiger charge is -2.11. The molecule has 0 saturated heterocycles. The number of hydrogen-bond acceptors (Lipinski definition) is 3. The first-order valence-corrected chi connectivity index (χ1v) is 8.31. The summed E-state index contributed by atoms with van der Waals surface area (Å²) in [4.78, 5) is 0. The fourth-order valence-corrected chi connectivity index (χ4v) is 2.79. The summed E-state index contributed by atoms with van der Waals surface area (Å²) < 4.78 is 5.89. The number of nitrogens with one attached hydrogen (secondary N) is 1. The van der Waals surface area contributed by atoms with Crippen molar-refractivity contribution in [2.24, 2.45) is 0 Å². The monoisotopic (exact) mass is 341 g/mol. The van der Waals surface area contributed by atoms with E-state index in [0.29, 0.717) is 13.1 Å². The van der Waals surface area contributed by atoms with Crippen LogP contribution in [0.4, 0.5) is 0 Å². The third kappa shape index (κ3) is 3.88. The highest BCUT2D eigenvalue weighted by Crippen LogP contribution is 2.29. The van der Waals surface area contributed by atoms with Crippen molar-refractivity contribution in [2.45, 2.75) is 19.6 Å². The molecule has 3 nitrogen and oxygen atoms in total. The summed E-state index contributed by atoms with van der Waals surface area (Å²) in [6, 6.07) is 19.3. The first-order chi connectivity index (χ1) is 11.6. The Morgan fingerprint density at radius 3 is 2.62 bits per heavy atom. The quantitative estimate of drug-likeness (QED) is 0.681. The van der Waals surface area contributed by atoms with Gasteiger partial charge < -0.3 is 14.8 Å². The van der Waals surface area contributed by atoms with E-state index < -0.39 is 6.10 Å². The zero-order valence-corrected chi connectivity index (χ0v) is 14.3. The van der Waals surface area contributed by atoms with Gasteiger partial charge in [0.2, 0.25) is 0 Å². The number of benzene rings is 2. The van der Waals surface area contributed by atoms with Gasteiger partial charge in [-0.3, -0.25) is 0 Å². The van der Waals surface area contributed by atoms with Crippen LogP contribution in [0.15, 0.2) is 65.1 Å². The summed E-state index contributed by atoms with van der Waals surface area (Å²) >= 11 is 6.17. The van der Waals surface area contributed by atoms with E-state index in [9.17, 15) is 5.11 Å². The molecule has 0 fully saturated rings. The van der Waals surface area contributed by atoms with Gasteiger partial charge in [-0.2, -0.15) is 0 Å². The van der Waals surface area contributed by atoms with Crippen molar-refractivity contribution in [3.8, 4) is 11.3 Å². The van der Waals surface area contributed by atoms with Crippen LogP contribution in [0.5, 0.6) is 0 Å². The van der Waals surface area contributed by atoms with Crippen LogP contribution in [0.2, 0.25) is 5.02 Å². The maximum absolute atomic E-state index is 10.1. The second kappa shape index (κ2) is 7.67. The molecular formula is C20H20ClNO2. The molecule has 0 radical (unpaired) electrons. The van der Waals surface area contributed by atoms with E-state index in [1.807, 2.05) is 67.6 Å². The van der Waals surface area contributed by atoms with Crippen molar-refractivity contribution in [3.05, 3.63) is 82.6 Å². The van der Waals surface area contributed by atoms with Crippen LogP contribution in [-0.2, 0) is 6.54 Å². The lowest BCUT2D eigenvalue weighted by atomic mass is 10.1. The van der Waals surface area contributed by atoms with Gasteiger partial charge in [0, 0.05) is 17.1 Å². The predicted molar refractivity (Wildman–Crippen MR) is 97.0 cm³/mol. The Labute approximate surface area is 146 Å². The van der Waals surface area contributed by atoms with E-state index in [-0.39, 0.29) is 0 Å². The van der Waals surface area contributed by atoms with Crippen LogP contribution in [-0.4, -0.2) is 11.7 Å². The van der Waals surface area contributed by atoms with Gasteiger partial charge in [0.05, 0.1) is 12.6 Å². The van der Waals surface area contributed by atoms with E-state index in [0.717, 1.165) is 33.2 Å². The van der Waals surface area contributed by atoms with Gasteiger partial charge in [0.1, 0.15) is 11.5 Å². The molecule has 3 rings (SSSR count). The third-order valence-corrected chi connectivity index (χ3v) is 4.43. The van der Waals surface area contributed by atoms with Gasteiger partial charge in [-0.05, 0) is 36.2 Å². The van der Waals surface area contributed by atoms with Crippen LogP contribution >= 0.6 is 11.6 Å². The zero-order valence-electron chi connectivity index (χ0n) is 13.5. The number of aliphatic hydroxyl groups excluding tert-OH is 1. The molecule has 0 spiro atoms. The van der Waals surface area contributed by atoms with Crippen molar-refractivity contribution in [1.82, 2.24) is 5.32 Å². The minimum Gasteiger partial charge on any atom is -0.460 e. The molecule has 3 aromatic rings. The zero-order chi connectivity index (χ0) is 16.9. The van der Waals surface area contributed by atoms with E-state index in [4.69, 9.17) is 16.0 Å². The number of rotatable bonds is 6. The Morgan fingerprint density at radius 1 is 1.04 bits per heavy atom. The van der Waals surface area contributed by atoms with E-state index >= 15 is 0 Å². The topological polar surface area (TPSA) is 45.4 Å². The van der Waals surface area contributed by atoms with Crippen LogP contribution in [0.3, 0.4) is 0 Å². The molecule has 2 aromatic carbocycles. The number of furan rings is 1. The number of halogens is 1. The van der Waals surface area contributed by atoms with Gasteiger partial charge >= 0.3 is 0 Å². The normalized spacial score (nSPS) is 12.3. The van der Waals surface area contributed by atoms with Crippen LogP contribution in [0, 0.1) is 6.92 Å². The smallest absolute Gasteiger partial charge is 0.134 e. The van der Waals surface area contributed by atoms with Gasteiger partial charge in [-0.25, -0.2) is 0 Å². The van der Waals surface area contributed by atoms with E-state index in [1.54, 1.807) is 0 Å². The first-order valence-electron chi connectivity index (χ1n) is 7.93. The van der Waals surface area contributed by atoms with E-state index in [1.165, 1.54) is 0 Å². The Hall–Kier alpha value is -2.07. The molecule has 0 bridgehead atoms.